The molecule has 0 fully saturated rings. The second-order valence-electron chi connectivity index (χ2n) is 3.92. The third-order valence-electron chi connectivity index (χ3n) is 2.30. The number of hydrogen-bond acceptors (Lipinski definition) is 6. The minimum absolute atomic E-state index is 0.445. The lowest BCUT2D eigenvalue weighted by molar-refractivity contribution is 0.146. The molecule has 0 saturated carbocycles. The van der Waals surface area contributed by atoms with Gasteiger partial charge in [0.2, 0.25) is 0 Å². The molecule has 1 aromatic rings. The van der Waals surface area contributed by atoms with Gasteiger partial charge in [0.05, 0.1) is 20.3 Å². The number of hydrazine groups is 1. The summed E-state index contributed by atoms with van der Waals surface area (Å²) < 4.78 is 10.4. The number of hydrogen-bond donors (Lipinski definition) is 2. The molecule has 6 heteroatoms. The zero-order chi connectivity index (χ0) is 13.5. The summed E-state index contributed by atoms with van der Waals surface area (Å²) in [6.45, 7) is 0.445. The third-order valence-corrected chi connectivity index (χ3v) is 3.43. The lowest BCUT2D eigenvalue weighted by Crippen LogP contribution is -2.35. The van der Waals surface area contributed by atoms with Crippen molar-refractivity contribution < 1.29 is 14.6 Å². The van der Waals surface area contributed by atoms with Crippen LogP contribution in [0, 0.1) is 0 Å². The second kappa shape index (κ2) is 7.48. The fourth-order valence-corrected chi connectivity index (χ4v) is 2.33. The van der Waals surface area contributed by atoms with Crippen molar-refractivity contribution in [3.8, 4) is 11.5 Å². The van der Waals surface area contributed by atoms with Crippen LogP contribution in [0.1, 0.15) is 0 Å². The molecule has 1 atom stereocenters. The average molecular weight is 272 g/mol. The molecule has 0 aliphatic carbocycles. The fourth-order valence-electron chi connectivity index (χ4n) is 1.48. The smallest absolute Gasteiger partial charge is 0.161 e. The molecule has 0 bridgehead atoms. The number of nitrogens with zero attached hydrogens (tertiary/aromatic N) is 1. The monoisotopic (exact) mass is 272 g/mol. The molecule has 0 saturated heterocycles. The van der Waals surface area contributed by atoms with Crippen molar-refractivity contribution in [2.75, 3.05) is 33.6 Å². The van der Waals surface area contributed by atoms with Gasteiger partial charge in [-0.15, -0.1) is 11.8 Å². The zero-order valence-electron chi connectivity index (χ0n) is 10.9. The lowest BCUT2D eigenvalue weighted by atomic mass is 10.3. The van der Waals surface area contributed by atoms with Crippen LogP contribution in [0.25, 0.3) is 0 Å². The maximum absolute atomic E-state index is 9.71. The molecule has 1 rings (SSSR count). The van der Waals surface area contributed by atoms with Crippen LogP contribution in [0.4, 0.5) is 0 Å². The molecule has 18 heavy (non-hydrogen) atoms. The summed E-state index contributed by atoms with van der Waals surface area (Å²) in [4.78, 5) is 1.02. The molecule has 102 valence electrons. The first-order valence-corrected chi connectivity index (χ1v) is 6.54. The molecule has 1 aromatic carbocycles. The molecular weight excluding hydrogens is 252 g/mol. The van der Waals surface area contributed by atoms with Gasteiger partial charge in [0.15, 0.2) is 11.5 Å². The van der Waals surface area contributed by atoms with Crippen LogP contribution < -0.4 is 15.3 Å². The van der Waals surface area contributed by atoms with Crippen LogP contribution in [0.15, 0.2) is 23.1 Å². The van der Waals surface area contributed by atoms with E-state index in [0.29, 0.717) is 23.8 Å². The highest BCUT2D eigenvalue weighted by Crippen LogP contribution is 2.31. The number of benzene rings is 1. The number of ether oxygens (including phenoxy) is 2. The molecular formula is C12H20N2O3S. The number of likely N-dealkylation sites (N-methyl/N-ethyl adjacent to an activating group) is 1. The topological polar surface area (TPSA) is 68.0 Å². The maximum Gasteiger partial charge on any atom is 0.161 e. The Morgan fingerprint density at radius 1 is 1.33 bits per heavy atom. The van der Waals surface area contributed by atoms with Gasteiger partial charge < -0.3 is 14.6 Å². The fraction of sp³-hybridized carbons (Fsp3) is 0.500. The summed E-state index contributed by atoms with van der Waals surface area (Å²) in [5, 5.41) is 11.2. The molecule has 0 aliphatic rings. The van der Waals surface area contributed by atoms with E-state index in [0.717, 1.165) is 4.90 Å². The normalized spacial score (nSPS) is 12.6. The Morgan fingerprint density at radius 2 is 2.00 bits per heavy atom. The first kappa shape index (κ1) is 15.1. The van der Waals surface area contributed by atoms with Crippen LogP contribution in [0.2, 0.25) is 0 Å². The second-order valence-corrected chi connectivity index (χ2v) is 5.01. The van der Waals surface area contributed by atoms with E-state index in [2.05, 4.69) is 0 Å². The van der Waals surface area contributed by atoms with E-state index in [1.165, 1.54) is 5.01 Å². The van der Waals surface area contributed by atoms with Crippen LogP contribution in [-0.4, -0.2) is 49.8 Å². The number of nitrogens with two attached hydrogens (primary N) is 1. The van der Waals surface area contributed by atoms with Gasteiger partial charge in [-0.2, -0.15) is 0 Å². The van der Waals surface area contributed by atoms with E-state index < -0.39 is 6.10 Å². The van der Waals surface area contributed by atoms with Crippen molar-refractivity contribution in [1.29, 1.82) is 0 Å². The van der Waals surface area contributed by atoms with E-state index in [1.54, 1.807) is 33.0 Å². The predicted octanol–water partition coefficient (Wildman–Crippen LogP) is 0.962. The first-order valence-electron chi connectivity index (χ1n) is 5.55. The van der Waals surface area contributed by atoms with Crippen molar-refractivity contribution in [3.63, 3.8) is 0 Å². The van der Waals surface area contributed by atoms with Gasteiger partial charge in [-0.05, 0) is 18.2 Å². The van der Waals surface area contributed by atoms with Gasteiger partial charge in [-0.1, -0.05) is 0 Å². The van der Waals surface area contributed by atoms with Gasteiger partial charge >= 0.3 is 0 Å². The molecule has 5 nitrogen and oxygen atoms in total. The average Bonchev–Trinajstić information content (AvgIpc) is 2.35. The third kappa shape index (κ3) is 4.73. The summed E-state index contributed by atoms with van der Waals surface area (Å²) in [5.74, 6) is 7.44. The Labute approximate surface area is 112 Å². The van der Waals surface area contributed by atoms with Gasteiger partial charge in [-0.25, -0.2) is 5.01 Å². The highest BCUT2D eigenvalue weighted by molar-refractivity contribution is 7.99. The Hall–Kier alpha value is -0.950. The molecule has 0 radical (unpaired) electrons. The van der Waals surface area contributed by atoms with Crippen LogP contribution in [0.3, 0.4) is 0 Å². The zero-order valence-corrected chi connectivity index (χ0v) is 11.7. The van der Waals surface area contributed by atoms with Gasteiger partial charge in [-0.3, -0.25) is 5.84 Å². The standard InChI is InChI=1S/C12H20N2O3S/c1-14(13)7-9(15)8-18-10-4-5-11(16-2)12(6-10)17-3/h4-6,9,15H,7-8,13H2,1-3H3. The molecule has 0 aliphatic heterocycles. The van der Waals surface area contributed by atoms with E-state index in [-0.39, 0.29) is 0 Å². The molecule has 0 spiro atoms. The summed E-state index contributed by atoms with van der Waals surface area (Å²) in [7, 11) is 4.93. The summed E-state index contributed by atoms with van der Waals surface area (Å²) >= 11 is 1.55. The molecule has 1 unspecified atom stereocenters. The Morgan fingerprint density at radius 3 is 2.56 bits per heavy atom. The SMILES string of the molecule is COc1ccc(SCC(O)CN(C)N)cc1OC. The van der Waals surface area contributed by atoms with Crippen LogP contribution >= 0.6 is 11.8 Å². The number of methoxy groups -OCH3 is 2. The maximum atomic E-state index is 9.71. The Balaban J connectivity index is 2.57. The van der Waals surface area contributed by atoms with Crippen molar-refractivity contribution in [1.82, 2.24) is 5.01 Å². The molecule has 0 amide bonds. The minimum atomic E-state index is -0.460. The summed E-state index contributed by atoms with van der Waals surface area (Å²) in [6.07, 6.45) is -0.460. The van der Waals surface area contributed by atoms with Crippen molar-refractivity contribution >= 4 is 11.8 Å². The van der Waals surface area contributed by atoms with E-state index in [9.17, 15) is 5.11 Å². The van der Waals surface area contributed by atoms with Crippen molar-refractivity contribution in [2.45, 2.75) is 11.0 Å². The number of thioether (sulfide) groups is 1. The first-order chi connectivity index (χ1) is 8.56. The summed E-state index contributed by atoms with van der Waals surface area (Å²) in [6, 6.07) is 5.68. The van der Waals surface area contributed by atoms with Gasteiger partial charge in [0.1, 0.15) is 0 Å². The minimum Gasteiger partial charge on any atom is -0.493 e. The highest BCUT2D eigenvalue weighted by atomic mass is 32.2. The Bertz CT molecular complexity index is 374. The van der Waals surface area contributed by atoms with Crippen LogP contribution in [-0.2, 0) is 0 Å². The highest BCUT2D eigenvalue weighted by Gasteiger charge is 2.09. The molecule has 3 N–H and O–H groups in total. The van der Waals surface area contributed by atoms with Crippen molar-refractivity contribution in [3.05, 3.63) is 18.2 Å². The Kier molecular flexibility index (Phi) is 6.28. The molecule has 0 heterocycles. The van der Waals surface area contributed by atoms with Gasteiger partial charge in [0, 0.05) is 24.2 Å². The molecule has 0 aromatic heterocycles. The predicted molar refractivity (Wildman–Crippen MR) is 73.1 cm³/mol. The van der Waals surface area contributed by atoms with Crippen molar-refractivity contribution in [2.24, 2.45) is 5.84 Å². The van der Waals surface area contributed by atoms with E-state index in [1.807, 2.05) is 18.2 Å². The largest absolute Gasteiger partial charge is 0.493 e. The van der Waals surface area contributed by atoms with E-state index >= 15 is 0 Å². The quantitative estimate of drug-likeness (QED) is 0.438. The number of aliphatic hydroxyl groups is 1. The van der Waals surface area contributed by atoms with E-state index in [4.69, 9.17) is 15.3 Å². The van der Waals surface area contributed by atoms with Crippen LogP contribution in [0.5, 0.6) is 11.5 Å². The number of aliphatic hydroxyl groups excluding tert-OH is 1. The number of rotatable bonds is 7. The lowest BCUT2D eigenvalue weighted by Gasteiger charge is -2.15. The summed E-state index contributed by atoms with van der Waals surface area (Å²) in [5.41, 5.74) is 0. The van der Waals surface area contributed by atoms with Gasteiger partial charge in [0.25, 0.3) is 0 Å².